The van der Waals surface area contributed by atoms with Crippen LogP contribution < -0.4 is 10.6 Å². The highest BCUT2D eigenvalue weighted by Crippen LogP contribution is 2.04. The topological polar surface area (TPSA) is 54.3 Å². The van der Waals surface area contributed by atoms with Crippen LogP contribution >= 0.6 is 0 Å². The minimum absolute atomic E-state index is 0.131. The molecule has 0 spiro atoms. The number of hydrogen-bond donors (Lipinski definition) is 2. The van der Waals surface area contributed by atoms with Gasteiger partial charge in [-0.25, -0.2) is 4.79 Å². The van der Waals surface area contributed by atoms with Gasteiger partial charge in [-0.05, 0) is 37.5 Å². The third-order valence-corrected chi connectivity index (χ3v) is 3.09. The molecule has 2 aromatic rings. The van der Waals surface area contributed by atoms with Crippen molar-refractivity contribution in [2.24, 2.45) is 0 Å². The average molecular weight is 272 g/mol. The minimum Gasteiger partial charge on any atom is -0.467 e. The first-order valence-corrected chi connectivity index (χ1v) is 6.84. The third-order valence-electron chi connectivity index (χ3n) is 3.09. The van der Waals surface area contributed by atoms with Gasteiger partial charge < -0.3 is 15.1 Å². The van der Waals surface area contributed by atoms with Crippen molar-refractivity contribution >= 4 is 6.03 Å². The largest absolute Gasteiger partial charge is 0.467 e. The van der Waals surface area contributed by atoms with E-state index in [-0.39, 0.29) is 12.1 Å². The van der Waals surface area contributed by atoms with Crippen LogP contribution in [0.15, 0.2) is 53.1 Å². The van der Waals surface area contributed by atoms with Gasteiger partial charge in [0.25, 0.3) is 0 Å². The molecule has 1 heterocycles. The molecule has 0 saturated heterocycles. The van der Waals surface area contributed by atoms with Crippen molar-refractivity contribution in [3.05, 3.63) is 60.1 Å². The summed E-state index contributed by atoms with van der Waals surface area (Å²) in [6.45, 7) is 2.42. The first-order chi connectivity index (χ1) is 9.74. The van der Waals surface area contributed by atoms with E-state index in [4.69, 9.17) is 4.42 Å². The average Bonchev–Trinajstić information content (AvgIpc) is 2.97. The summed E-state index contributed by atoms with van der Waals surface area (Å²) in [5, 5.41) is 5.69. The third kappa shape index (κ3) is 4.80. The molecule has 0 saturated carbocycles. The second kappa shape index (κ2) is 7.38. The smallest absolute Gasteiger partial charge is 0.315 e. The highest BCUT2D eigenvalue weighted by molar-refractivity contribution is 5.74. The summed E-state index contributed by atoms with van der Waals surface area (Å²) in [4.78, 5) is 11.7. The Morgan fingerprint density at radius 2 is 2.00 bits per heavy atom. The molecule has 1 atom stereocenters. The highest BCUT2D eigenvalue weighted by atomic mass is 16.3. The number of hydrogen-bond acceptors (Lipinski definition) is 2. The highest BCUT2D eigenvalue weighted by Gasteiger charge is 2.07. The summed E-state index contributed by atoms with van der Waals surface area (Å²) in [6, 6.07) is 13.9. The molecular formula is C16H20N2O2. The first kappa shape index (κ1) is 14.2. The van der Waals surface area contributed by atoms with E-state index in [1.165, 1.54) is 5.56 Å². The van der Waals surface area contributed by atoms with Crippen LogP contribution in [0, 0.1) is 0 Å². The van der Waals surface area contributed by atoms with E-state index >= 15 is 0 Å². The molecule has 4 heteroatoms. The summed E-state index contributed by atoms with van der Waals surface area (Å²) >= 11 is 0. The molecule has 0 aliphatic carbocycles. The minimum atomic E-state index is -0.165. The Labute approximate surface area is 119 Å². The molecule has 1 aromatic carbocycles. The Bertz CT molecular complexity index is 509. The van der Waals surface area contributed by atoms with Gasteiger partial charge in [-0.2, -0.15) is 0 Å². The molecule has 20 heavy (non-hydrogen) atoms. The van der Waals surface area contributed by atoms with Crippen molar-refractivity contribution in [1.29, 1.82) is 0 Å². The zero-order valence-electron chi connectivity index (χ0n) is 11.6. The lowest BCUT2D eigenvalue weighted by Gasteiger charge is -2.14. The molecular weight excluding hydrogens is 252 g/mol. The summed E-state index contributed by atoms with van der Waals surface area (Å²) in [6.07, 6.45) is 3.47. The predicted octanol–water partition coefficient (Wildman–Crippen LogP) is 3.10. The molecule has 0 unspecified atom stereocenters. The number of amides is 2. The van der Waals surface area contributed by atoms with Crippen LogP contribution in [0.1, 0.15) is 24.7 Å². The molecule has 2 N–H and O–H groups in total. The van der Waals surface area contributed by atoms with E-state index in [0.29, 0.717) is 6.54 Å². The molecule has 2 amide bonds. The monoisotopic (exact) mass is 272 g/mol. The SMILES string of the molecule is C[C@H](CCc1ccccc1)NC(=O)NCc1ccco1. The maximum Gasteiger partial charge on any atom is 0.315 e. The number of carbonyl (C=O) groups is 1. The van der Waals surface area contributed by atoms with Gasteiger partial charge >= 0.3 is 6.03 Å². The van der Waals surface area contributed by atoms with E-state index in [0.717, 1.165) is 18.6 Å². The lowest BCUT2D eigenvalue weighted by Crippen LogP contribution is -2.40. The molecule has 0 aliphatic rings. The fourth-order valence-corrected chi connectivity index (χ4v) is 1.96. The van der Waals surface area contributed by atoms with Crippen molar-refractivity contribution in [2.75, 3.05) is 0 Å². The van der Waals surface area contributed by atoms with Crippen LogP contribution in [0.4, 0.5) is 4.79 Å². The van der Waals surface area contributed by atoms with E-state index in [1.54, 1.807) is 12.3 Å². The Kier molecular flexibility index (Phi) is 5.24. The number of benzene rings is 1. The van der Waals surface area contributed by atoms with Gasteiger partial charge in [0.15, 0.2) is 0 Å². The summed E-state index contributed by atoms with van der Waals surface area (Å²) < 4.78 is 5.15. The zero-order valence-corrected chi connectivity index (χ0v) is 11.6. The molecule has 0 radical (unpaired) electrons. The van der Waals surface area contributed by atoms with Gasteiger partial charge in [-0.15, -0.1) is 0 Å². The lowest BCUT2D eigenvalue weighted by atomic mass is 10.1. The normalized spacial score (nSPS) is 11.8. The number of nitrogens with one attached hydrogen (secondary N) is 2. The van der Waals surface area contributed by atoms with Crippen LogP contribution in [-0.4, -0.2) is 12.1 Å². The fraction of sp³-hybridized carbons (Fsp3) is 0.312. The van der Waals surface area contributed by atoms with E-state index in [2.05, 4.69) is 22.8 Å². The van der Waals surface area contributed by atoms with Gasteiger partial charge in [0.2, 0.25) is 0 Å². The fourth-order valence-electron chi connectivity index (χ4n) is 1.96. The number of urea groups is 1. The van der Waals surface area contributed by atoms with Crippen LogP contribution in [0.25, 0.3) is 0 Å². The van der Waals surface area contributed by atoms with Crippen molar-refractivity contribution in [3.8, 4) is 0 Å². The molecule has 1 aromatic heterocycles. The van der Waals surface area contributed by atoms with Crippen molar-refractivity contribution in [3.63, 3.8) is 0 Å². The number of rotatable bonds is 6. The lowest BCUT2D eigenvalue weighted by molar-refractivity contribution is 0.236. The standard InChI is InChI=1S/C16H20N2O2/c1-13(9-10-14-6-3-2-4-7-14)18-16(19)17-12-15-8-5-11-20-15/h2-8,11,13H,9-10,12H2,1H3,(H2,17,18,19)/t13-/m1/s1. The van der Waals surface area contributed by atoms with E-state index < -0.39 is 0 Å². The Morgan fingerprint density at radius 1 is 1.20 bits per heavy atom. The molecule has 106 valence electrons. The second-order valence-electron chi connectivity index (χ2n) is 4.83. The molecule has 2 rings (SSSR count). The van der Waals surface area contributed by atoms with Crippen molar-refractivity contribution in [2.45, 2.75) is 32.4 Å². The quantitative estimate of drug-likeness (QED) is 0.849. The van der Waals surface area contributed by atoms with Crippen molar-refractivity contribution < 1.29 is 9.21 Å². The van der Waals surface area contributed by atoms with Crippen molar-refractivity contribution in [1.82, 2.24) is 10.6 Å². The van der Waals surface area contributed by atoms with E-state index in [1.807, 2.05) is 31.2 Å². The second-order valence-corrected chi connectivity index (χ2v) is 4.83. The van der Waals surface area contributed by atoms with Crippen LogP contribution in [0.2, 0.25) is 0 Å². The van der Waals surface area contributed by atoms with Gasteiger partial charge in [-0.1, -0.05) is 30.3 Å². The van der Waals surface area contributed by atoms with Gasteiger partial charge in [0.05, 0.1) is 12.8 Å². The van der Waals surface area contributed by atoms with Gasteiger partial charge in [0, 0.05) is 6.04 Å². The van der Waals surface area contributed by atoms with E-state index in [9.17, 15) is 4.79 Å². The first-order valence-electron chi connectivity index (χ1n) is 6.84. The van der Waals surface area contributed by atoms with Crippen LogP contribution in [0.3, 0.4) is 0 Å². The summed E-state index contributed by atoms with van der Waals surface area (Å²) in [5.74, 6) is 0.747. The summed E-state index contributed by atoms with van der Waals surface area (Å²) in [7, 11) is 0. The maximum atomic E-state index is 11.7. The summed E-state index contributed by atoms with van der Waals surface area (Å²) in [5.41, 5.74) is 1.29. The predicted molar refractivity (Wildman–Crippen MR) is 78.3 cm³/mol. The molecule has 0 bridgehead atoms. The number of carbonyl (C=O) groups excluding carboxylic acids is 1. The zero-order chi connectivity index (χ0) is 14.2. The molecule has 4 nitrogen and oxygen atoms in total. The Balaban J connectivity index is 1.66. The van der Waals surface area contributed by atoms with Gasteiger partial charge in [0.1, 0.15) is 5.76 Å². The number of aryl methyl sites for hydroxylation is 1. The number of furan rings is 1. The van der Waals surface area contributed by atoms with Crippen LogP contribution in [0.5, 0.6) is 0 Å². The maximum absolute atomic E-state index is 11.7. The molecule has 0 fully saturated rings. The van der Waals surface area contributed by atoms with Crippen LogP contribution in [-0.2, 0) is 13.0 Å². The Morgan fingerprint density at radius 3 is 2.70 bits per heavy atom. The van der Waals surface area contributed by atoms with Gasteiger partial charge in [-0.3, -0.25) is 0 Å². The molecule has 0 aliphatic heterocycles. The Hall–Kier alpha value is -2.23.